The molecule has 0 aromatic heterocycles. The second-order valence-electron chi connectivity index (χ2n) is 9.51. The van der Waals surface area contributed by atoms with Gasteiger partial charge in [-0.05, 0) is 68.4 Å². The van der Waals surface area contributed by atoms with Gasteiger partial charge in [0, 0.05) is 0 Å². The van der Waals surface area contributed by atoms with Crippen molar-refractivity contribution in [1.29, 1.82) is 0 Å². The first-order valence-electron chi connectivity index (χ1n) is 12.2. The van der Waals surface area contributed by atoms with Crippen LogP contribution in [-0.2, 0) is 39.9 Å². The quantitative estimate of drug-likeness (QED) is 0.313. The van der Waals surface area contributed by atoms with Gasteiger partial charge in [0.05, 0.1) is 35.7 Å². The Morgan fingerprint density at radius 2 is 1.08 bits per heavy atom. The maximum absolute atomic E-state index is 12.7. The second kappa shape index (κ2) is 11.9. The first-order chi connectivity index (χ1) is 17.6. The Hall–Kier alpha value is -2.56. The maximum Gasteiger partial charge on any atom is 0.296 e. The molecule has 0 radical (unpaired) electrons. The first kappa shape index (κ1) is 27.5. The van der Waals surface area contributed by atoms with Crippen LogP contribution in [0.5, 0.6) is 0 Å². The van der Waals surface area contributed by atoms with Crippen molar-refractivity contribution < 1.29 is 29.9 Å². The normalized spacial score (nSPS) is 20.2. The molecule has 198 valence electrons. The van der Waals surface area contributed by atoms with Crippen molar-refractivity contribution in [3.63, 3.8) is 0 Å². The topological polar surface area (TPSA) is 96.0 Å². The Kier molecular flexibility index (Phi) is 8.82. The zero-order valence-electron chi connectivity index (χ0n) is 20.9. The van der Waals surface area contributed by atoms with Crippen LogP contribution in [0.15, 0.2) is 88.7 Å². The molecule has 1 aliphatic carbocycles. The highest BCUT2D eigenvalue weighted by atomic mass is 32.2. The van der Waals surface area contributed by atoms with Gasteiger partial charge in [0.2, 0.25) is 0 Å². The van der Waals surface area contributed by atoms with Crippen LogP contribution in [-0.4, -0.2) is 36.2 Å². The zero-order chi connectivity index (χ0) is 26.5. The van der Waals surface area contributed by atoms with E-state index in [4.69, 9.17) is 13.1 Å². The second-order valence-corrected chi connectivity index (χ2v) is 12.7. The van der Waals surface area contributed by atoms with Crippen molar-refractivity contribution in [1.82, 2.24) is 0 Å². The van der Waals surface area contributed by atoms with E-state index in [0.717, 1.165) is 16.7 Å². The molecule has 3 aromatic carbocycles. The van der Waals surface area contributed by atoms with Crippen molar-refractivity contribution in [3.05, 3.63) is 95.6 Å². The standard InChI is InChI=1S/C28H32O7S2/c1-21-8-12-27(13-9-21)36(29,30)34-19-24-16-26(33-18-23-6-4-3-5-7-23)17-25(24)20-35-37(31,32)28-14-10-22(2)11-15-28/h3-15,24-26H,16-20H2,1-2H3. The summed E-state index contributed by atoms with van der Waals surface area (Å²) in [5.74, 6) is -0.511. The van der Waals surface area contributed by atoms with Crippen LogP contribution in [0.3, 0.4) is 0 Å². The minimum atomic E-state index is -3.95. The van der Waals surface area contributed by atoms with Gasteiger partial charge in [0.15, 0.2) is 0 Å². The summed E-state index contributed by atoms with van der Waals surface area (Å²) in [7, 11) is -7.90. The Bertz CT molecular complexity index is 1280. The molecule has 0 bridgehead atoms. The summed E-state index contributed by atoms with van der Waals surface area (Å²) in [6, 6.07) is 22.7. The average Bonchev–Trinajstić information content (AvgIpc) is 3.28. The van der Waals surface area contributed by atoms with Gasteiger partial charge < -0.3 is 4.74 Å². The third-order valence-electron chi connectivity index (χ3n) is 6.62. The van der Waals surface area contributed by atoms with Crippen molar-refractivity contribution in [2.24, 2.45) is 11.8 Å². The smallest absolute Gasteiger partial charge is 0.296 e. The minimum Gasteiger partial charge on any atom is -0.374 e. The van der Waals surface area contributed by atoms with Crippen molar-refractivity contribution in [3.8, 4) is 0 Å². The SMILES string of the molecule is Cc1ccc(S(=O)(=O)OCC2CC(OCc3ccccc3)CC2COS(=O)(=O)c2ccc(C)cc2)cc1. The van der Waals surface area contributed by atoms with E-state index in [0.29, 0.717) is 19.4 Å². The predicted molar refractivity (Wildman–Crippen MR) is 140 cm³/mol. The molecular formula is C28H32O7S2. The average molecular weight is 545 g/mol. The number of rotatable bonds is 11. The van der Waals surface area contributed by atoms with E-state index in [1.54, 1.807) is 24.3 Å². The van der Waals surface area contributed by atoms with Crippen LogP contribution in [0.1, 0.15) is 29.5 Å². The lowest BCUT2D eigenvalue weighted by Crippen LogP contribution is -2.23. The molecule has 0 saturated heterocycles. The summed E-state index contributed by atoms with van der Waals surface area (Å²) < 4.78 is 67.9. The van der Waals surface area contributed by atoms with Crippen LogP contribution < -0.4 is 0 Å². The number of ether oxygens (including phenoxy) is 1. The molecule has 37 heavy (non-hydrogen) atoms. The first-order valence-corrected chi connectivity index (χ1v) is 15.0. The number of hydrogen-bond donors (Lipinski definition) is 0. The summed E-state index contributed by atoms with van der Waals surface area (Å²) in [5, 5.41) is 0. The van der Waals surface area contributed by atoms with Gasteiger partial charge in [0.1, 0.15) is 0 Å². The molecule has 9 heteroatoms. The molecule has 0 N–H and O–H groups in total. The van der Waals surface area contributed by atoms with Gasteiger partial charge >= 0.3 is 0 Å². The van der Waals surface area contributed by atoms with Gasteiger partial charge in [0.25, 0.3) is 20.2 Å². The number of hydrogen-bond acceptors (Lipinski definition) is 7. The molecule has 0 amide bonds. The summed E-state index contributed by atoms with van der Waals surface area (Å²) in [6.07, 6.45) is 0.899. The molecule has 2 unspecified atom stereocenters. The van der Waals surface area contributed by atoms with E-state index in [9.17, 15) is 16.8 Å². The highest BCUT2D eigenvalue weighted by Crippen LogP contribution is 2.36. The molecule has 0 aliphatic heterocycles. The van der Waals surface area contributed by atoms with Gasteiger partial charge in [-0.2, -0.15) is 16.8 Å². The Balaban J connectivity index is 1.43. The summed E-state index contributed by atoms with van der Waals surface area (Å²) >= 11 is 0. The fourth-order valence-corrected chi connectivity index (χ4v) is 6.31. The predicted octanol–water partition coefficient (Wildman–Crippen LogP) is 5.03. The molecule has 3 aromatic rings. The van der Waals surface area contributed by atoms with Gasteiger partial charge in [-0.3, -0.25) is 8.37 Å². The van der Waals surface area contributed by atoms with Gasteiger partial charge in [-0.15, -0.1) is 0 Å². The largest absolute Gasteiger partial charge is 0.374 e. The zero-order valence-corrected chi connectivity index (χ0v) is 22.6. The molecule has 1 aliphatic rings. The van der Waals surface area contributed by atoms with E-state index >= 15 is 0 Å². The molecule has 4 rings (SSSR count). The summed E-state index contributed by atoms with van der Waals surface area (Å²) in [4.78, 5) is 0.172. The lowest BCUT2D eigenvalue weighted by molar-refractivity contribution is 0.0395. The lowest BCUT2D eigenvalue weighted by Gasteiger charge is -2.19. The molecule has 0 spiro atoms. The van der Waals surface area contributed by atoms with E-state index in [1.807, 2.05) is 44.2 Å². The van der Waals surface area contributed by atoms with Gasteiger partial charge in [-0.1, -0.05) is 65.7 Å². The van der Waals surface area contributed by atoms with Crippen LogP contribution in [0.4, 0.5) is 0 Å². The minimum absolute atomic E-state index is 0.0833. The molecule has 0 heterocycles. The Labute approximate surface area is 219 Å². The molecule has 1 saturated carbocycles. The molecule has 7 nitrogen and oxygen atoms in total. The van der Waals surface area contributed by atoms with Crippen molar-refractivity contribution in [2.75, 3.05) is 13.2 Å². The number of aryl methyl sites for hydroxylation is 2. The maximum atomic E-state index is 12.7. The monoisotopic (exact) mass is 544 g/mol. The van der Waals surface area contributed by atoms with Crippen LogP contribution in [0.2, 0.25) is 0 Å². The lowest BCUT2D eigenvalue weighted by atomic mass is 9.98. The van der Waals surface area contributed by atoms with Crippen LogP contribution >= 0.6 is 0 Å². The summed E-state index contributed by atoms with van der Waals surface area (Å²) in [5.41, 5.74) is 2.92. The van der Waals surface area contributed by atoms with Crippen LogP contribution in [0, 0.1) is 25.7 Å². The number of benzene rings is 3. The fraction of sp³-hybridized carbons (Fsp3) is 0.357. The van der Waals surface area contributed by atoms with E-state index in [2.05, 4.69) is 0 Å². The highest BCUT2D eigenvalue weighted by Gasteiger charge is 2.37. The van der Waals surface area contributed by atoms with E-state index in [1.165, 1.54) is 24.3 Å². The Morgan fingerprint density at radius 3 is 1.51 bits per heavy atom. The van der Waals surface area contributed by atoms with Gasteiger partial charge in [-0.25, -0.2) is 0 Å². The van der Waals surface area contributed by atoms with Crippen molar-refractivity contribution in [2.45, 2.75) is 49.2 Å². The summed E-state index contributed by atoms with van der Waals surface area (Å²) in [6.45, 7) is 4.00. The fourth-order valence-electron chi connectivity index (χ4n) is 4.39. The highest BCUT2D eigenvalue weighted by molar-refractivity contribution is 7.87. The third-order valence-corrected chi connectivity index (χ3v) is 9.21. The van der Waals surface area contributed by atoms with E-state index < -0.39 is 20.2 Å². The molecule has 1 fully saturated rings. The molecule has 2 atom stereocenters. The van der Waals surface area contributed by atoms with E-state index in [-0.39, 0.29) is 40.9 Å². The molecular weight excluding hydrogens is 512 g/mol. The Morgan fingerprint density at radius 1 is 0.649 bits per heavy atom. The van der Waals surface area contributed by atoms with Crippen LogP contribution in [0.25, 0.3) is 0 Å². The van der Waals surface area contributed by atoms with Crippen molar-refractivity contribution >= 4 is 20.2 Å². The third kappa shape index (κ3) is 7.49.